The highest BCUT2D eigenvalue weighted by Gasteiger charge is 2.34. The van der Waals surface area contributed by atoms with Crippen LogP contribution in [0.15, 0.2) is 0 Å². The molecular formula is C12H25O2PS. The third-order valence-corrected chi connectivity index (χ3v) is 7.18. The van der Waals surface area contributed by atoms with Gasteiger partial charge in [-0.05, 0) is 36.9 Å². The quantitative estimate of drug-likeness (QED) is 0.691. The van der Waals surface area contributed by atoms with Crippen molar-refractivity contribution in [2.24, 2.45) is 17.8 Å². The zero-order valence-corrected chi connectivity index (χ0v) is 12.8. The second-order valence-electron chi connectivity index (χ2n) is 5.42. The molecule has 1 unspecified atom stereocenters. The van der Waals surface area contributed by atoms with Crippen LogP contribution in [-0.2, 0) is 9.09 Å². The van der Waals surface area contributed by atoms with Crippen LogP contribution in [0.5, 0.6) is 0 Å². The third kappa shape index (κ3) is 4.09. The molecule has 0 aromatic heterocycles. The molecule has 1 rings (SSSR count). The van der Waals surface area contributed by atoms with E-state index in [0.717, 1.165) is 6.42 Å². The maximum Gasteiger partial charge on any atom is 0.254 e. The number of hydrogen-bond acceptors (Lipinski definition) is 3. The minimum atomic E-state index is -2.43. The van der Waals surface area contributed by atoms with Gasteiger partial charge >= 0.3 is 0 Å². The van der Waals surface area contributed by atoms with E-state index in [2.05, 4.69) is 20.8 Å². The minimum Gasteiger partial charge on any atom is -0.318 e. The Kier molecular flexibility index (Phi) is 5.41. The van der Waals surface area contributed by atoms with Crippen LogP contribution in [0.4, 0.5) is 0 Å². The molecule has 0 aromatic carbocycles. The molecule has 1 fully saturated rings. The molecule has 4 heteroatoms. The van der Waals surface area contributed by atoms with E-state index in [9.17, 15) is 4.57 Å². The van der Waals surface area contributed by atoms with Gasteiger partial charge in [0.15, 0.2) is 0 Å². The van der Waals surface area contributed by atoms with E-state index in [1.165, 1.54) is 24.2 Å². The molecule has 0 bridgehead atoms. The lowest BCUT2D eigenvalue weighted by atomic mass is 9.75. The smallest absolute Gasteiger partial charge is 0.254 e. The maximum absolute atomic E-state index is 12.1. The fraction of sp³-hybridized carbons (Fsp3) is 1.00. The first-order valence-electron chi connectivity index (χ1n) is 6.17. The molecule has 0 heterocycles. The van der Waals surface area contributed by atoms with Gasteiger partial charge in [0.1, 0.15) is 0 Å². The summed E-state index contributed by atoms with van der Waals surface area (Å²) in [6.45, 7) is 6.08. The van der Waals surface area contributed by atoms with E-state index in [0.29, 0.717) is 17.8 Å². The molecule has 4 atom stereocenters. The van der Waals surface area contributed by atoms with Crippen LogP contribution in [0.1, 0.15) is 40.0 Å². The predicted molar refractivity (Wildman–Crippen MR) is 73.3 cm³/mol. The lowest BCUT2D eigenvalue weighted by Crippen LogP contribution is -2.33. The lowest BCUT2D eigenvalue weighted by molar-refractivity contribution is 0.0519. The SMILES string of the molecule is CSP(C)(=O)O[C@@H]1C[C@H](C)CC[C@H]1C(C)C. The Balaban J connectivity index is 2.68. The van der Waals surface area contributed by atoms with Crippen LogP contribution in [0.2, 0.25) is 0 Å². The molecule has 0 radical (unpaired) electrons. The minimum absolute atomic E-state index is 0.201. The Morgan fingerprint density at radius 2 is 2.00 bits per heavy atom. The fourth-order valence-electron chi connectivity index (χ4n) is 2.52. The molecule has 0 spiro atoms. The standard InChI is InChI=1S/C12H25O2PS/c1-9(2)11-7-6-10(3)8-12(11)14-15(4,13)16-5/h9-12H,6-8H2,1-5H3/t10-,11+,12-,15?/m1/s1. The number of hydrogen-bond donors (Lipinski definition) is 0. The summed E-state index contributed by atoms with van der Waals surface area (Å²) in [5.41, 5.74) is 0. The van der Waals surface area contributed by atoms with Crippen molar-refractivity contribution in [3.8, 4) is 0 Å². The summed E-state index contributed by atoms with van der Waals surface area (Å²) in [5, 5.41) is 0. The van der Waals surface area contributed by atoms with Gasteiger partial charge < -0.3 is 4.52 Å². The molecule has 0 aromatic rings. The van der Waals surface area contributed by atoms with Crippen molar-refractivity contribution in [1.29, 1.82) is 0 Å². The first-order valence-corrected chi connectivity index (χ1v) is 10.1. The summed E-state index contributed by atoms with van der Waals surface area (Å²) < 4.78 is 18.0. The molecule has 1 aliphatic carbocycles. The first-order chi connectivity index (χ1) is 7.35. The van der Waals surface area contributed by atoms with Crippen molar-refractivity contribution in [2.45, 2.75) is 46.1 Å². The second kappa shape index (κ2) is 5.93. The molecule has 0 amide bonds. The van der Waals surface area contributed by atoms with Crippen molar-refractivity contribution in [2.75, 3.05) is 12.9 Å². The Hall–Kier alpha value is 0.540. The van der Waals surface area contributed by atoms with Crippen LogP contribution in [0, 0.1) is 17.8 Å². The Morgan fingerprint density at radius 1 is 1.38 bits per heavy atom. The van der Waals surface area contributed by atoms with E-state index in [-0.39, 0.29) is 6.10 Å². The average molecular weight is 264 g/mol. The van der Waals surface area contributed by atoms with Crippen molar-refractivity contribution in [1.82, 2.24) is 0 Å². The van der Waals surface area contributed by atoms with E-state index < -0.39 is 6.57 Å². The molecule has 0 aliphatic heterocycles. The monoisotopic (exact) mass is 264 g/mol. The van der Waals surface area contributed by atoms with Gasteiger partial charge in [0.25, 0.3) is 6.57 Å². The van der Waals surface area contributed by atoms with Gasteiger partial charge in [-0.25, -0.2) is 0 Å². The van der Waals surface area contributed by atoms with Gasteiger partial charge in [-0.1, -0.05) is 38.6 Å². The van der Waals surface area contributed by atoms with Crippen molar-refractivity contribution in [3.63, 3.8) is 0 Å². The summed E-state index contributed by atoms with van der Waals surface area (Å²) in [5.74, 6) is 1.91. The van der Waals surface area contributed by atoms with Crippen molar-refractivity contribution in [3.05, 3.63) is 0 Å². The molecule has 96 valence electrons. The molecular weight excluding hydrogens is 239 g/mol. The zero-order valence-electron chi connectivity index (χ0n) is 11.1. The molecule has 1 aliphatic rings. The summed E-state index contributed by atoms with van der Waals surface area (Å²) in [4.78, 5) is 0. The van der Waals surface area contributed by atoms with Crippen LogP contribution in [0.25, 0.3) is 0 Å². The largest absolute Gasteiger partial charge is 0.318 e. The Labute approximate surface area is 104 Å². The molecule has 1 saturated carbocycles. The van der Waals surface area contributed by atoms with Gasteiger partial charge in [-0.15, -0.1) is 0 Å². The van der Waals surface area contributed by atoms with Gasteiger partial charge in [-0.3, -0.25) is 4.57 Å². The van der Waals surface area contributed by atoms with Gasteiger partial charge in [0.05, 0.1) is 6.10 Å². The highest BCUT2D eigenvalue weighted by Crippen LogP contribution is 2.57. The van der Waals surface area contributed by atoms with Crippen molar-refractivity contribution >= 4 is 18.0 Å². The first kappa shape index (κ1) is 14.6. The Morgan fingerprint density at radius 3 is 2.50 bits per heavy atom. The Bertz CT molecular complexity index is 268. The van der Waals surface area contributed by atoms with E-state index in [4.69, 9.17) is 4.52 Å². The summed E-state index contributed by atoms with van der Waals surface area (Å²) in [6.07, 6.45) is 5.65. The average Bonchev–Trinajstić information content (AvgIpc) is 2.16. The van der Waals surface area contributed by atoms with E-state index in [1.54, 1.807) is 6.66 Å². The van der Waals surface area contributed by atoms with Crippen molar-refractivity contribution < 1.29 is 9.09 Å². The van der Waals surface area contributed by atoms with Crippen LogP contribution >= 0.6 is 18.0 Å². The normalized spacial score (nSPS) is 35.0. The topological polar surface area (TPSA) is 26.3 Å². The van der Waals surface area contributed by atoms with Crippen LogP contribution in [-0.4, -0.2) is 19.0 Å². The van der Waals surface area contributed by atoms with Gasteiger partial charge in [0.2, 0.25) is 0 Å². The van der Waals surface area contributed by atoms with Crippen LogP contribution < -0.4 is 0 Å². The van der Waals surface area contributed by atoms with E-state index >= 15 is 0 Å². The molecule has 2 nitrogen and oxygen atoms in total. The maximum atomic E-state index is 12.1. The highest BCUT2D eigenvalue weighted by atomic mass is 32.7. The van der Waals surface area contributed by atoms with Crippen LogP contribution in [0.3, 0.4) is 0 Å². The molecule has 0 saturated heterocycles. The summed E-state index contributed by atoms with van der Waals surface area (Å²) in [6, 6.07) is 0. The highest BCUT2D eigenvalue weighted by molar-refractivity contribution is 8.56. The molecule has 16 heavy (non-hydrogen) atoms. The van der Waals surface area contributed by atoms with Gasteiger partial charge in [0, 0.05) is 6.66 Å². The van der Waals surface area contributed by atoms with Gasteiger partial charge in [-0.2, -0.15) is 0 Å². The second-order valence-corrected chi connectivity index (χ2v) is 10.6. The summed E-state index contributed by atoms with van der Waals surface area (Å²) in [7, 11) is 0. The fourth-order valence-corrected chi connectivity index (χ4v) is 3.94. The lowest BCUT2D eigenvalue weighted by Gasteiger charge is -2.37. The molecule has 0 N–H and O–H groups in total. The summed E-state index contributed by atoms with van der Waals surface area (Å²) >= 11 is 1.37. The van der Waals surface area contributed by atoms with E-state index in [1.807, 2.05) is 6.26 Å². The third-order valence-electron chi connectivity index (χ3n) is 3.62. The number of rotatable bonds is 4. The predicted octanol–water partition coefficient (Wildman–Crippen LogP) is 4.65. The zero-order chi connectivity index (χ0) is 12.3.